The van der Waals surface area contributed by atoms with Crippen molar-refractivity contribution in [2.45, 2.75) is 19.4 Å². The third kappa shape index (κ3) is 2.93. The molecule has 0 heterocycles. The molecule has 88 valence electrons. The highest BCUT2D eigenvalue weighted by molar-refractivity contribution is 9.10. The van der Waals surface area contributed by atoms with Gasteiger partial charge in [0.25, 0.3) is 5.69 Å². The second-order valence-corrected chi connectivity index (χ2v) is 4.41. The minimum atomic E-state index is -0.436. The van der Waals surface area contributed by atoms with E-state index in [1.807, 2.05) is 6.92 Å². The van der Waals surface area contributed by atoms with E-state index in [2.05, 4.69) is 15.9 Å². The fraction of sp³-hybridized carbons (Fsp3) is 0.400. The third-order valence-electron chi connectivity index (χ3n) is 2.09. The molecule has 0 spiro atoms. The number of nitro groups is 1. The summed E-state index contributed by atoms with van der Waals surface area (Å²) in [6.07, 6.45) is 0.539. The van der Waals surface area contributed by atoms with Crippen LogP contribution in [0.2, 0.25) is 0 Å². The first-order chi connectivity index (χ1) is 7.45. The highest BCUT2D eigenvalue weighted by Crippen LogP contribution is 2.33. The maximum absolute atomic E-state index is 10.8. The zero-order chi connectivity index (χ0) is 12.3. The molecule has 0 saturated heterocycles. The molecule has 0 aromatic heterocycles. The number of rotatable bonds is 4. The number of hydrogen-bond donors (Lipinski definition) is 1. The lowest BCUT2D eigenvalue weighted by Crippen LogP contribution is -2.18. The van der Waals surface area contributed by atoms with Crippen LogP contribution in [0, 0.1) is 10.1 Å². The molecule has 0 fully saturated rings. The van der Waals surface area contributed by atoms with Crippen molar-refractivity contribution in [2.24, 2.45) is 5.73 Å². The zero-order valence-electron chi connectivity index (χ0n) is 9.07. The minimum absolute atomic E-state index is 0.0245. The standard InChI is InChI=1S/C10H13BrN2O3/c1-6(12)3-7-4-9(13(14)15)8(11)5-10(7)16-2/h4-6H,3,12H2,1-2H3. The fourth-order valence-corrected chi connectivity index (χ4v) is 1.89. The Hall–Kier alpha value is -1.14. The van der Waals surface area contributed by atoms with Crippen molar-refractivity contribution in [1.29, 1.82) is 0 Å². The molecule has 5 nitrogen and oxygen atoms in total. The van der Waals surface area contributed by atoms with Crippen LogP contribution in [0.4, 0.5) is 5.69 Å². The first kappa shape index (κ1) is 12.9. The molecule has 6 heteroatoms. The molecule has 0 bridgehead atoms. The average molecular weight is 289 g/mol. The van der Waals surface area contributed by atoms with E-state index in [0.29, 0.717) is 16.6 Å². The normalized spacial score (nSPS) is 12.2. The van der Waals surface area contributed by atoms with Crippen molar-refractivity contribution >= 4 is 21.6 Å². The Bertz CT molecular complexity index is 407. The molecule has 0 radical (unpaired) electrons. The quantitative estimate of drug-likeness (QED) is 0.681. The lowest BCUT2D eigenvalue weighted by atomic mass is 10.1. The van der Waals surface area contributed by atoms with E-state index in [1.165, 1.54) is 13.2 Å². The van der Waals surface area contributed by atoms with Gasteiger partial charge in [-0.2, -0.15) is 0 Å². The van der Waals surface area contributed by atoms with Crippen molar-refractivity contribution in [1.82, 2.24) is 0 Å². The second kappa shape index (κ2) is 5.27. The second-order valence-electron chi connectivity index (χ2n) is 3.55. The smallest absolute Gasteiger partial charge is 0.284 e. The van der Waals surface area contributed by atoms with Crippen LogP contribution in [-0.4, -0.2) is 18.1 Å². The number of benzene rings is 1. The van der Waals surface area contributed by atoms with Gasteiger partial charge in [0, 0.05) is 23.7 Å². The van der Waals surface area contributed by atoms with Gasteiger partial charge in [0.05, 0.1) is 16.5 Å². The molecule has 0 aliphatic carbocycles. The van der Waals surface area contributed by atoms with E-state index in [1.54, 1.807) is 6.07 Å². The minimum Gasteiger partial charge on any atom is -0.496 e. The molecule has 0 saturated carbocycles. The zero-order valence-corrected chi connectivity index (χ0v) is 10.7. The van der Waals surface area contributed by atoms with Crippen LogP contribution in [0.5, 0.6) is 5.75 Å². The number of nitro benzene ring substituents is 1. The first-order valence-corrected chi connectivity index (χ1v) is 5.51. The monoisotopic (exact) mass is 288 g/mol. The number of nitrogens with two attached hydrogens (primary N) is 1. The van der Waals surface area contributed by atoms with Crippen molar-refractivity contribution in [3.8, 4) is 5.75 Å². The first-order valence-electron chi connectivity index (χ1n) is 4.72. The van der Waals surface area contributed by atoms with Gasteiger partial charge in [-0.25, -0.2) is 0 Å². The molecule has 1 rings (SSSR count). The summed E-state index contributed by atoms with van der Waals surface area (Å²) in [7, 11) is 1.53. The Morgan fingerprint density at radius 1 is 1.62 bits per heavy atom. The van der Waals surface area contributed by atoms with Gasteiger partial charge in [-0.3, -0.25) is 10.1 Å². The topological polar surface area (TPSA) is 78.4 Å². The maximum atomic E-state index is 10.8. The fourth-order valence-electron chi connectivity index (χ4n) is 1.42. The number of nitrogens with zero attached hydrogens (tertiary/aromatic N) is 1. The van der Waals surface area contributed by atoms with Gasteiger partial charge in [-0.1, -0.05) is 0 Å². The number of halogens is 1. The van der Waals surface area contributed by atoms with Crippen LogP contribution in [0.3, 0.4) is 0 Å². The van der Waals surface area contributed by atoms with Gasteiger partial charge in [-0.15, -0.1) is 0 Å². The third-order valence-corrected chi connectivity index (χ3v) is 2.72. The van der Waals surface area contributed by atoms with Gasteiger partial charge in [0.1, 0.15) is 5.75 Å². The number of ether oxygens (including phenoxy) is 1. The summed E-state index contributed by atoms with van der Waals surface area (Å²) < 4.78 is 5.56. The van der Waals surface area contributed by atoms with Gasteiger partial charge < -0.3 is 10.5 Å². The summed E-state index contributed by atoms with van der Waals surface area (Å²) in [5, 5.41) is 10.8. The van der Waals surface area contributed by atoms with E-state index < -0.39 is 4.92 Å². The van der Waals surface area contributed by atoms with Crippen molar-refractivity contribution in [2.75, 3.05) is 7.11 Å². The molecule has 1 aromatic rings. The summed E-state index contributed by atoms with van der Waals surface area (Å²) in [4.78, 5) is 10.3. The molecule has 16 heavy (non-hydrogen) atoms. The number of methoxy groups -OCH3 is 1. The Balaban J connectivity index is 3.23. The van der Waals surface area contributed by atoms with Gasteiger partial charge >= 0.3 is 0 Å². The summed E-state index contributed by atoms with van der Waals surface area (Å²) in [5.74, 6) is 0.606. The molecule has 0 aliphatic heterocycles. The molecule has 0 aliphatic rings. The summed E-state index contributed by atoms with van der Waals surface area (Å²) >= 11 is 3.14. The molecular weight excluding hydrogens is 276 g/mol. The van der Waals surface area contributed by atoms with E-state index in [-0.39, 0.29) is 11.7 Å². The van der Waals surface area contributed by atoms with E-state index in [0.717, 1.165) is 5.56 Å². The highest BCUT2D eigenvalue weighted by atomic mass is 79.9. The maximum Gasteiger partial charge on any atom is 0.284 e. The van der Waals surface area contributed by atoms with Crippen LogP contribution < -0.4 is 10.5 Å². The Labute approximate surface area is 102 Å². The van der Waals surface area contributed by atoms with Crippen LogP contribution in [0.25, 0.3) is 0 Å². The van der Waals surface area contributed by atoms with Crippen LogP contribution in [0.1, 0.15) is 12.5 Å². The van der Waals surface area contributed by atoms with E-state index in [9.17, 15) is 10.1 Å². The summed E-state index contributed by atoms with van der Waals surface area (Å²) in [6, 6.07) is 3.01. The van der Waals surface area contributed by atoms with E-state index >= 15 is 0 Å². The molecule has 0 amide bonds. The molecule has 1 atom stereocenters. The van der Waals surface area contributed by atoms with Crippen molar-refractivity contribution < 1.29 is 9.66 Å². The average Bonchev–Trinajstić information content (AvgIpc) is 2.18. The Kier molecular flexibility index (Phi) is 4.26. The van der Waals surface area contributed by atoms with Gasteiger partial charge in [0.2, 0.25) is 0 Å². The molecule has 1 aromatic carbocycles. The Morgan fingerprint density at radius 3 is 2.69 bits per heavy atom. The summed E-state index contributed by atoms with van der Waals surface area (Å²) in [6.45, 7) is 1.84. The molecule has 2 N–H and O–H groups in total. The largest absolute Gasteiger partial charge is 0.496 e. The highest BCUT2D eigenvalue weighted by Gasteiger charge is 2.17. The van der Waals surface area contributed by atoms with Crippen molar-refractivity contribution in [3.05, 3.63) is 32.3 Å². The predicted octanol–water partition coefficient (Wildman–Crippen LogP) is 2.26. The van der Waals surface area contributed by atoms with Crippen LogP contribution in [0.15, 0.2) is 16.6 Å². The van der Waals surface area contributed by atoms with Crippen LogP contribution >= 0.6 is 15.9 Å². The van der Waals surface area contributed by atoms with Gasteiger partial charge in [-0.05, 0) is 29.3 Å². The number of hydrogen-bond acceptors (Lipinski definition) is 4. The van der Waals surface area contributed by atoms with Gasteiger partial charge in [0.15, 0.2) is 0 Å². The molecule has 1 unspecified atom stereocenters. The SMILES string of the molecule is COc1cc(Br)c([N+](=O)[O-])cc1CC(C)N. The predicted molar refractivity (Wildman–Crippen MR) is 64.7 cm³/mol. The van der Waals surface area contributed by atoms with E-state index in [4.69, 9.17) is 10.5 Å². The molecular formula is C10H13BrN2O3. The summed E-state index contributed by atoms with van der Waals surface area (Å²) in [5.41, 5.74) is 6.44. The Morgan fingerprint density at radius 2 is 2.25 bits per heavy atom. The lowest BCUT2D eigenvalue weighted by Gasteiger charge is -2.11. The lowest BCUT2D eigenvalue weighted by molar-refractivity contribution is -0.385. The van der Waals surface area contributed by atoms with Crippen molar-refractivity contribution in [3.63, 3.8) is 0 Å². The van der Waals surface area contributed by atoms with Crippen LogP contribution in [-0.2, 0) is 6.42 Å².